The van der Waals surface area contributed by atoms with E-state index in [4.69, 9.17) is 23.7 Å². The Morgan fingerprint density at radius 3 is 2.23 bits per heavy atom. The molecule has 8 fully saturated rings. The molecule has 5 N–H and O–H groups in total. The highest BCUT2D eigenvalue weighted by Crippen LogP contribution is 2.89. The molecule has 18 atom stereocenters. The van der Waals surface area contributed by atoms with Crippen molar-refractivity contribution in [3.63, 3.8) is 0 Å². The van der Waals surface area contributed by atoms with Crippen LogP contribution in [0.25, 0.3) is 0 Å². The average Bonchev–Trinajstić information content (AvgIpc) is 3.86. The number of hydrogen-bond donors (Lipinski definition) is 5. The number of carbonyl (C=O) groups excluding carboxylic acids is 1. The van der Waals surface area contributed by atoms with Crippen molar-refractivity contribution >= 4 is 5.97 Å². The van der Waals surface area contributed by atoms with Crippen LogP contribution >= 0.6 is 0 Å². The summed E-state index contributed by atoms with van der Waals surface area (Å²) in [6.07, 6.45) is -0.610. The van der Waals surface area contributed by atoms with Crippen LogP contribution in [0.5, 0.6) is 0 Å². The van der Waals surface area contributed by atoms with Gasteiger partial charge in [0.15, 0.2) is 6.29 Å². The molecule has 0 aromatic rings. The minimum absolute atomic E-state index is 0.00751. The van der Waals surface area contributed by atoms with E-state index in [1.165, 1.54) is 6.92 Å². The van der Waals surface area contributed by atoms with E-state index < -0.39 is 53.6 Å². The number of aliphatic hydroxyl groups excluding tert-OH is 4. The lowest BCUT2D eigenvalue weighted by atomic mass is 9.41. The minimum atomic E-state index is -1.32. The van der Waals surface area contributed by atoms with E-state index >= 15 is 0 Å². The van der Waals surface area contributed by atoms with Gasteiger partial charge in [0.1, 0.15) is 36.6 Å². The maximum Gasteiger partial charge on any atom is 0.302 e. The predicted molar refractivity (Wildman–Crippen MR) is 170 cm³/mol. The summed E-state index contributed by atoms with van der Waals surface area (Å²) >= 11 is 0. The number of fused-ring (bicyclic) bond motifs is 4. The van der Waals surface area contributed by atoms with Gasteiger partial charge in [-0.25, -0.2) is 0 Å². The second-order valence-electron chi connectivity index (χ2n) is 19.0. The lowest BCUT2D eigenvalue weighted by Gasteiger charge is -2.65. The average molecular weight is 679 g/mol. The van der Waals surface area contributed by atoms with Gasteiger partial charge in [-0.2, -0.15) is 0 Å². The Balaban J connectivity index is 1.11. The van der Waals surface area contributed by atoms with Crippen LogP contribution in [0.15, 0.2) is 0 Å². The first-order valence-corrected chi connectivity index (χ1v) is 18.5. The van der Waals surface area contributed by atoms with Gasteiger partial charge < -0.3 is 49.2 Å². The first kappa shape index (κ1) is 34.2. The van der Waals surface area contributed by atoms with E-state index in [2.05, 4.69) is 34.6 Å². The zero-order valence-corrected chi connectivity index (χ0v) is 29.8. The monoisotopic (exact) mass is 678 g/mol. The van der Waals surface area contributed by atoms with Gasteiger partial charge in [-0.05, 0) is 104 Å². The summed E-state index contributed by atoms with van der Waals surface area (Å²) in [4.78, 5) is 12.9. The molecule has 48 heavy (non-hydrogen) atoms. The summed E-state index contributed by atoms with van der Waals surface area (Å²) in [5.74, 6) is -1.03. The molecule has 0 aromatic heterocycles. The molecule has 11 heteroatoms. The molecule has 0 aromatic carbocycles. The van der Waals surface area contributed by atoms with E-state index in [9.17, 15) is 30.3 Å². The van der Waals surface area contributed by atoms with Crippen LogP contribution in [0.2, 0.25) is 0 Å². The Bertz CT molecular complexity index is 1350. The zero-order chi connectivity index (χ0) is 34.8. The molecule has 1 unspecified atom stereocenters. The van der Waals surface area contributed by atoms with Crippen molar-refractivity contribution in [2.75, 3.05) is 6.61 Å². The Morgan fingerprint density at radius 2 is 1.58 bits per heavy atom. The van der Waals surface area contributed by atoms with Crippen molar-refractivity contribution in [1.82, 2.24) is 0 Å². The summed E-state index contributed by atoms with van der Waals surface area (Å²) in [7, 11) is 0. The molecule has 5 aliphatic carbocycles. The molecule has 3 aliphatic heterocycles. The molecule has 8 rings (SSSR count). The number of carbonyl (C=O) groups is 1. The summed E-state index contributed by atoms with van der Waals surface area (Å²) in [5.41, 5.74) is -2.02. The van der Waals surface area contributed by atoms with Crippen molar-refractivity contribution in [3.8, 4) is 0 Å². The summed E-state index contributed by atoms with van der Waals surface area (Å²) < 4.78 is 31.4. The fourth-order valence-corrected chi connectivity index (χ4v) is 14.1. The fraction of sp³-hybridized carbons (Fsp3) is 0.973. The van der Waals surface area contributed by atoms with E-state index in [0.29, 0.717) is 11.8 Å². The highest BCUT2D eigenvalue weighted by Gasteiger charge is 2.87. The van der Waals surface area contributed by atoms with Crippen LogP contribution in [0.4, 0.5) is 0 Å². The second-order valence-corrected chi connectivity index (χ2v) is 19.0. The van der Waals surface area contributed by atoms with Gasteiger partial charge in [-0.3, -0.25) is 4.79 Å². The van der Waals surface area contributed by atoms with E-state index in [1.54, 1.807) is 13.8 Å². The van der Waals surface area contributed by atoms with Gasteiger partial charge in [0.2, 0.25) is 5.79 Å². The van der Waals surface area contributed by atoms with Crippen LogP contribution in [-0.4, -0.2) is 105 Å². The number of ether oxygens (including phenoxy) is 5. The number of esters is 1. The highest BCUT2D eigenvalue weighted by atomic mass is 16.8. The van der Waals surface area contributed by atoms with E-state index in [1.807, 2.05) is 0 Å². The molecule has 5 saturated carbocycles. The van der Waals surface area contributed by atoms with Crippen molar-refractivity contribution < 1.29 is 54.0 Å². The van der Waals surface area contributed by atoms with Gasteiger partial charge >= 0.3 is 5.97 Å². The Morgan fingerprint density at radius 1 is 0.896 bits per heavy atom. The van der Waals surface area contributed by atoms with Crippen LogP contribution in [0, 0.1) is 50.7 Å². The lowest BCUT2D eigenvalue weighted by molar-refractivity contribution is -0.303. The lowest BCUT2D eigenvalue weighted by Crippen LogP contribution is -2.65. The minimum Gasteiger partial charge on any atom is -0.462 e. The molecule has 0 amide bonds. The third-order valence-electron chi connectivity index (χ3n) is 16.2. The summed E-state index contributed by atoms with van der Waals surface area (Å²) in [5, 5.41) is 53.5. The molecule has 272 valence electrons. The van der Waals surface area contributed by atoms with Crippen LogP contribution in [0.3, 0.4) is 0 Å². The fourth-order valence-electron chi connectivity index (χ4n) is 14.1. The van der Waals surface area contributed by atoms with Gasteiger partial charge in [-0.15, -0.1) is 0 Å². The zero-order valence-electron chi connectivity index (χ0n) is 29.8. The number of hydrogen-bond acceptors (Lipinski definition) is 11. The molecular weight excluding hydrogens is 620 g/mol. The van der Waals surface area contributed by atoms with Crippen molar-refractivity contribution in [2.45, 2.75) is 167 Å². The number of rotatable bonds is 4. The largest absolute Gasteiger partial charge is 0.462 e. The summed E-state index contributed by atoms with van der Waals surface area (Å²) in [6.45, 7) is 16.1. The topological polar surface area (TPSA) is 168 Å². The third-order valence-corrected chi connectivity index (χ3v) is 16.2. The smallest absolute Gasteiger partial charge is 0.302 e. The van der Waals surface area contributed by atoms with Crippen molar-refractivity contribution in [3.05, 3.63) is 0 Å². The van der Waals surface area contributed by atoms with Crippen LogP contribution in [0.1, 0.15) is 100 Å². The molecule has 11 nitrogen and oxygen atoms in total. The standard InChI is InChI=1S/C37H58O11/c1-17-25-20(47-37(28(17)42)30(48-37)32(5,6)43)13-33(7)22-10-9-21-31(3,4)23(46-29-27(41)26(40)19(39)15-44-29)11-12-35(21)16-36(22,35)14-24(34(25,33)8)45-18(2)38/h17,19-30,39-43H,9-16H2,1-8H3/t17-,19+,20-,21-,22?,23-,24+,25-,26-,27+,28+,29-,30-,33-,34+,35+,36-,37+/m0/s1. The van der Waals surface area contributed by atoms with Crippen LogP contribution < -0.4 is 0 Å². The number of aliphatic hydroxyl groups is 5. The van der Waals surface area contributed by atoms with Gasteiger partial charge in [0, 0.05) is 12.3 Å². The molecule has 3 heterocycles. The Kier molecular flexibility index (Phi) is 7.24. The highest BCUT2D eigenvalue weighted by molar-refractivity contribution is 5.66. The normalized spacial score (nSPS) is 59.4. The quantitative estimate of drug-likeness (QED) is 0.169. The Labute approximate surface area is 284 Å². The van der Waals surface area contributed by atoms with E-state index in [0.717, 1.165) is 44.9 Å². The molecule has 8 aliphatic rings. The van der Waals surface area contributed by atoms with Gasteiger partial charge in [-0.1, -0.05) is 34.6 Å². The first-order chi connectivity index (χ1) is 22.2. The Hall–Kier alpha value is -0.890. The molecule has 0 radical (unpaired) electrons. The molecule has 3 saturated heterocycles. The molecule has 3 spiro atoms. The third kappa shape index (κ3) is 4.06. The van der Waals surface area contributed by atoms with Gasteiger partial charge in [0.05, 0.1) is 24.4 Å². The molecule has 0 bridgehead atoms. The van der Waals surface area contributed by atoms with Crippen molar-refractivity contribution in [1.29, 1.82) is 0 Å². The predicted octanol–water partition coefficient (Wildman–Crippen LogP) is 2.66. The second kappa shape index (κ2) is 10.2. The number of epoxide rings is 1. The SMILES string of the molecule is CC(=O)O[C@@H]1C[C@@]23C[C@@]24CC[C@H](O[C@@H]2OC[C@@H](O)[C@H](O)[C@H]2O)C(C)(C)[C@@H]4CCC3[C@]2(C)C[C@@H]3O[C@@]4(O[C@H]4C(C)(C)O)[C@H](O)[C@@H](C)[C@@H]3[C@@]12C. The maximum absolute atomic E-state index is 12.9. The van der Waals surface area contributed by atoms with Gasteiger partial charge in [0.25, 0.3) is 0 Å². The maximum atomic E-state index is 12.9. The van der Waals surface area contributed by atoms with Crippen molar-refractivity contribution in [2.24, 2.45) is 50.7 Å². The molecular formula is C37H58O11. The first-order valence-electron chi connectivity index (χ1n) is 18.5. The van der Waals surface area contributed by atoms with E-state index in [-0.39, 0.29) is 64.4 Å². The summed E-state index contributed by atoms with van der Waals surface area (Å²) in [6, 6.07) is 0. The van der Waals surface area contributed by atoms with Crippen LogP contribution in [-0.2, 0) is 28.5 Å².